The van der Waals surface area contributed by atoms with Crippen LogP contribution in [0, 0.1) is 12.8 Å². The highest BCUT2D eigenvalue weighted by atomic mass is 19.1. The third-order valence-corrected chi connectivity index (χ3v) is 4.78. The number of hydrogen-bond acceptors (Lipinski definition) is 5. The van der Waals surface area contributed by atoms with Gasteiger partial charge in [-0.1, -0.05) is 0 Å². The van der Waals surface area contributed by atoms with E-state index >= 15 is 0 Å². The number of rotatable bonds is 3. The van der Waals surface area contributed by atoms with E-state index in [4.69, 9.17) is 0 Å². The van der Waals surface area contributed by atoms with Gasteiger partial charge in [0.15, 0.2) is 5.65 Å². The molecular formula is C17H17FN6O. The van der Waals surface area contributed by atoms with E-state index in [0.717, 1.165) is 0 Å². The molecular weight excluding hydrogens is 323 g/mol. The van der Waals surface area contributed by atoms with Crippen LogP contribution in [0.25, 0.3) is 17.0 Å². The van der Waals surface area contributed by atoms with Crippen molar-refractivity contribution in [2.75, 3.05) is 13.2 Å². The first kappa shape index (κ1) is 15.6. The Balaban J connectivity index is 1.86. The Bertz CT molecular complexity index is 955. The summed E-state index contributed by atoms with van der Waals surface area (Å²) in [7, 11) is 0. The molecule has 1 saturated heterocycles. The first-order valence-corrected chi connectivity index (χ1v) is 8.10. The van der Waals surface area contributed by atoms with E-state index in [1.165, 1.54) is 0 Å². The van der Waals surface area contributed by atoms with Crippen molar-refractivity contribution in [3.8, 4) is 11.4 Å². The summed E-state index contributed by atoms with van der Waals surface area (Å²) in [6, 6.07) is 1.60. The van der Waals surface area contributed by atoms with Crippen molar-refractivity contribution in [2.45, 2.75) is 19.9 Å². The van der Waals surface area contributed by atoms with Gasteiger partial charge >= 0.3 is 0 Å². The van der Waals surface area contributed by atoms with Crippen LogP contribution in [0.5, 0.6) is 0 Å². The molecule has 25 heavy (non-hydrogen) atoms. The topological polar surface area (TPSA) is 76.3 Å². The number of carbonyl (C=O) groups excluding carboxylic acids is 1. The monoisotopic (exact) mass is 340 g/mol. The Hall–Kier alpha value is -2.90. The van der Waals surface area contributed by atoms with Crippen LogP contribution in [0.15, 0.2) is 30.9 Å². The van der Waals surface area contributed by atoms with Gasteiger partial charge in [0.25, 0.3) is 5.91 Å². The molecule has 1 aliphatic rings. The van der Waals surface area contributed by atoms with E-state index in [1.54, 1.807) is 40.3 Å². The molecule has 7 nitrogen and oxygen atoms in total. The van der Waals surface area contributed by atoms with E-state index in [0.29, 0.717) is 34.8 Å². The van der Waals surface area contributed by atoms with Gasteiger partial charge in [-0.3, -0.25) is 19.2 Å². The van der Waals surface area contributed by atoms with Gasteiger partial charge in [0, 0.05) is 43.3 Å². The minimum Gasteiger partial charge on any atom is -0.335 e. The number of likely N-dealkylation sites (tertiary alicyclic amines) is 1. The zero-order chi connectivity index (χ0) is 17.6. The molecule has 0 radical (unpaired) electrons. The van der Waals surface area contributed by atoms with E-state index in [-0.39, 0.29) is 17.9 Å². The van der Waals surface area contributed by atoms with Gasteiger partial charge in [-0.25, -0.2) is 9.50 Å². The third-order valence-electron chi connectivity index (χ3n) is 4.78. The van der Waals surface area contributed by atoms with Crippen LogP contribution >= 0.6 is 0 Å². The van der Waals surface area contributed by atoms with E-state index in [2.05, 4.69) is 20.1 Å². The zero-order valence-corrected chi connectivity index (χ0v) is 13.9. The molecule has 3 aromatic heterocycles. The van der Waals surface area contributed by atoms with Crippen molar-refractivity contribution in [3.05, 3.63) is 42.1 Å². The molecule has 0 N–H and O–H groups in total. The standard InChI is InChI=1S/C17H17FN6O/c1-10-14(20-6-5-19-10)15-13(16-21-4-3-7-24(16)22-15)17(25)23-9-12(8-18)11(23)2/h3-7,11-12H,8-9H2,1-2H3. The predicted octanol–water partition coefficient (Wildman–Crippen LogP) is 1.92. The summed E-state index contributed by atoms with van der Waals surface area (Å²) in [4.78, 5) is 27.7. The molecule has 0 spiro atoms. The molecule has 0 aliphatic carbocycles. The molecule has 0 saturated carbocycles. The molecule has 1 amide bonds. The molecule has 0 bridgehead atoms. The molecule has 0 aromatic carbocycles. The number of carbonyl (C=O) groups is 1. The first-order chi connectivity index (χ1) is 12.1. The molecule has 4 heterocycles. The second-order valence-electron chi connectivity index (χ2n) is 6.21. The molecule has 1 fully saturated rings. The maximum Gasteiger partial charge on any atom is 0.260 e. The maximum absolute atomic E-state index is 13.1. The number of aryl methyl sites for hydroxylation is 1. The summed E-state index contributed by atoms with van der Waals surface area (Å²) in [5.74, 6) is -0.314. The van der Waals surface area contributed by atoms with Crippen LogP contribution in [-0.2, 0) is 0 Å². The van der Waals surface area contributed by atoms with E-state index in [9.17, 15) is 9.18 Å². The van der Waals surface area contributed by atoms with Crippen LogP contribution in [-0.4, -0.2) is 54.6 Å². The van der Waals surface area contributed by atoms with Gasteiger partial charge in [0.2, 0.25) is 0 Å². The maximum atomic E-state index is 13.1. The molecule has 4 rings (SSSR count). The average molecular weight is 340 g/mol. The second kappa shape index (κ2) is 5.87. The van der Waals surface area contributed by atoms with Crippen LogP contribution in [0.4, 0.5) is 4.39 Å². The van der Waals surface area contributed by atoms with Gasteiger partial charge < -0.3 is 4.90 Å². The van der Waals surface area contributed by atoms with Crippen molar-refractivity contribution in [1.82, 2.24) is 29.5 Å². The summed E-state index contributed by atoms with van der Waals surface area (Å²) in [5.41, 5.74) is 2.52. The highest BCUT2D eigenvalue weighted by molar-refractivity contribution is 6.05. The Morgan fingerprint density at radius 1 is 1.24 bits per heavy atom. The fraction of sp³-hybridized carbons (Fsp3) is 0.353. The molecule has 2 unspecified atom stereocenters. The SMILES string of the molecule is Cc1nccnc1-c1nn2cccnc2c1C(=O)N1CC(CF)C1C. The Morgan fingerprint density at radius 2 is 2.04 bits per heavy atom. The van der Waals surface area contributed by atoms with E-state index < -0.39 is 6.67 Å². The Morgan fingerprint density at radius 3 is 2.76 bits per heavy atom. The summed E-state index contributed by atoms with van der Waals surface area (Å²) >= 11 is 0. The summed E-state index contributed by atoms with van der Waals surface area (Å²) in [6.07, 6.45) is 6.51. The third kappa shape index (κ3) is 2.36. The number of fused-ring (bicyclic) bond motifs is 1. The smallest absolute Gasteiger partial charge is 0.260 e. The average Bonchev–Trinajstić information content (AvgIpc) is 3.00. The minimum absolute atomic E-state index is 0.111. The molecule has 3 aromatic rings. The largest absolute Gasteiger partial charge is 0.335 e. The lowest BCUT2D eigenvalue weighted by molar-refractivity contribution is 0.0142. The molecule has 1 aliphatic heterocycles. The number of nitrogens with zero attached hydrogens (tertiary/aromatic N) is 6. The molecule has 128 valence electrons. The van der Waals surface area contributed by atoms with Crippen LogP contribution < -0.4 is 0 Å². The van der Waals surface area contributed by atoms with Gasteiger partial charge in [-0.15, -0.1) is 0 Å². The van der Waals surface area contributed by atoms with Crippen molar-refractivity contribution in [1.29, 1.82) is 0 Å². The predicted molar refractivity (Wildman–Crippen MR) is 88.7 cm³/mol. The number of amides is 1. The van der Waals surface area contributed by atoms with Gasteiger partial charge in [0.1, 0.15) is 17.0 Å². The second-order valence-corrected chi connectivity index (χ2v) is 6.21. The van der Waals surface area contributed by atoms with Crippen molar-refractivity contribution in [2.24, 2.45) is 5.92 Å². The first-order valence-electron chi connectivity index (χ1n) is 8.10. The number of alkyl halides is 1. The lowest BCUT2D eigenvalue weighted by atomic mass is 9.90. The highest BCUT2D eigenvalue weighted by Crippen LogP contribution is 2.32. The normalized spacial score (nSPS) is 19.9. The van der Waals surface area contributed by atoms with Crippen LogP contribution in [0.3, 0.4) is 0 Å². The van der Waals surface area contributed by atoms with Crippen molar-refractivity contribution in [3.63, 3.8) is 0 Å². The molecule has 8 heteroatoms. The quantitative estimate of drug-likeness (QED) is 0.728. The van der Waals surface area contributed by atoms with Gasteiger partial charge in [0.05, 0.1) is 12.4 Å². The van der Waals surface area contributed by atoms with Crippen LogP contribution in [0.2, 0.25) is 0 Å². The summed E-state index contributed by atoms with van der Waals surface area (Å²) in [6.45, 7) is 3.66. The molecule has 2 atom stereocenters. The Kier molecular flexibility index (Phi) is 3.67. The fourth-order valence-corrected chi connectivity index (χ4v) is 3.17. The van der Waals surface area contributed by atoms with Crippen LogP contribution in [0.1, 0.15) is 23.0 Å². The highest BCUT2D eigenvalue weighted by Gasteiger charge is 2.41. The number of halogens is 1. The van der Waals surface area contributed by atoms with Crippen molar-refractivity contribution < 1.29 is 9.18 Å². The zero-order valence-electron chi connectivity index (χ0n) is 13.9. The van der Waals surface area contributed by atoms with Gasteiger partial charge in [-0.05, 0) is 19.9 Å². The lowest BCUT2D eigenvalue weighted by Gasteiger charge is -2.45. The minimum atomic E-state index is -0.423. The fourth-order valence-electron chi connectivity index (χ4n) is 3.17. The number of hydrogen-bond donors (Lipinski definition) is 0. The number of aromatic nitrogens is 5. The van der Waals surface area contributed by atoms with Crippen molar-refractivity contribution >= 4 is 11.6 Å². The van der Waals surface area contributed by atoms with Gasteiger partial charge in [-0.2, -0.15) is 5.10 Å². The van der Waals surface area contributed by atoms with E-state index in [1.807, 2.05) is 13.8 Å². The summed E-state index contributed by atoms with van der Waals surface area (Å²) < 4.78 is 14.5. The summed E-state index contributed by atoms with van der Waals surface area (Å²) in [5, 5.41) is 4.50. The lowest BCUT2D eigenvalue weighted by Crippen LogP contribution is -2.57. The Labute approximate surface area is 143 Å².